The van der Waals surface area contributed by atoms with Crippen LogP contribution in [0.15, 0.2) is 30.3 Å². The van der Waals surface area contributed by atoms with E-state index in [-0.39, 0.29) is 0 Å². The predicted molar refractivity (Wildman–Crippen MR) is 96.7 cm³/mol. The monoisotopic (exact) mass is 498 g/mol. The second-order valence-corrected chi connectivity index (χ2v) is 15.3. The number of rotatable bonds is 9. The van der Waals surface area contributed by atoms with E-state index in [1.165, 1.54) is 42.1 Å². The summed E-state index contributed by atoms with van der Waals surface area (Å²) in [6.07, 6.45) is 8.85. The fraction of sp³-hybridized carbons (Fsp3) is 0.667. The summed E-state index contributed by atoms with van der Waals surface area (Å²) in [4.78, 5) is 0. The van der Waals surface area contributed by atoms with Gasteiger partial charge in [0.2, 0.25) is 0 Å². The zero-order valence-corrected chi connectivity index (χ0v) is 18.8. The molecule has 1 aromatic carbocycles. The van der Waals surface area contributed by atoms with Crippen molar-refractivity contribution in [2.45, 2.75) is 72.6 Å². The molecule has 2 heteroatoms. The van der Waals surface area contributed by atoms with Crippen LogP contribution in [0, 0.1) is 0 Å². The quantitative estimate of drug-likeness (QED) is 0.405. The number of hydrogen-bond acceptors (Lipinski definition) is 0. The summed E-state index contributed by atoms with van der Waals surface area (Å²) >= 11 is 1.18. The Morgan fingerprint density at radius 2 is 1.15 bits per heavy atom. The summed E-state index contributed by atoms with van der Waals surface area (Å²) in [5.41, 5.74) is 0. The van der Waals surface area contributed by atoms with Crippen molar-refractivity contribution in [1.82, 2.24) is 0 Å². The van der Waals surface area contributed by atoms with Crippen LogP contribution in [0.2, 0.25) is 13.3 Å². The number of benzene rings is 1. The Bertz CT molecular complexity index is 268. The standard InChI is InChI=1S/C6H5Te.3C4H9.Sn/c7-6-4-2-1-3-5-6;3*1-3-4-2;/h1-5H;3*1,3-4H2,2H3;. The molecule has 0 N–H and O–H groups in total. The van der Waals surface area contributed by atoms with Gasteiger partial charge in [0, 0.05) is 0 Å². The molecule has 1 aromatic rings. The van der Waals surface area contributed by atoms with E-state index in [9.17, 15) is 0 Å². The molecule has 0 atom stereocenters. The third kappa shape index (κ3) is 13.8. The molecule has 0 aromatic heterocycles. The van der Waals surface area contributed by atoms with Crippen LogP contribution in [-0.2, 0) is 0 Å². The van der Waals surface area contributed by atoms with Crippen LogP contribution < -0.4 is 3.61 Å². The molecule has 1 rings (SSSR count). The van der Waals surface area contributed by atoms with Crippen molar-refractivity contribution in [1.29, 1.82) is 0 Å². The molecule has 0 fully saturated rings. The number of hydrogen-bond donors (Lipinski definition) is 0. The van der Waals surface area contributed by atoms with Crippen molar-refractivity contribution < 1.29 is 0 Å². The van der Waals surface area contributed by atoms with E-state index in [0.717, 1.165) is 0 Å². The van der Waals surface area contributed by atoms with Crippen molar-refractivity contribution in [3.05, 3.63) is 30.3 Å². The molecule has 20 heavy (non-hydrogen) atoms. The Kier molecular flexibility index (Phi) is 16.8. The van der Waals surface area contributed by atoms with E-state index in [4.69, 9.17) is 0 Å². The van der Waals surface area contributed by atoms with E-state index < -0.39 is 19.8 Å². The van der Waals surface area contributed by atoms with Crippen molar-refractivity contribution in [2.75, 3.05) is 0 Å². The first-order valence-electron chi connectivity index (χ1n) is 8.30. The van der Waals surface area contributed by atoms with Gasteiger partial charge in [-0.2, -0.15) is 0 Å². The van der Waals surface area contributed by atoms with Crippen LogP contribution in [0.5, 0.6) is 0 Å². The van der Waals surface area contributed by atoms with Gasteiger partial charge in [-0.15, -0.1) is 0 Å². The predicted octanol–water partition coefficient (Wildman–Crippen LogP) is 5.36. The van der Waals surface area contributed by atoms with Gasteiger partial charge >= 0.3 is 149 Å². The fourth-order valence-corrected chi connectivity index (χ4v) is 12.0. The first-order chi connectivity index (χ1) is 9.74. The van der Waals surface area contributed by atoms with E-state index in [2.05, 4.69) is 32.9 Å². The molecule has 0 heterocycles. The Labute approximate surface area is 147 Å². The van der Waals surface area contributed by atoms with E-state index >= 15 is 0 Å². The van der Waals surface area contributed by atoms with Crippen LogP contribution in [0.1, 0.15) is 59.3 Å². The first-order valence-corrected chi connectivity index (χ1v) is 15.5. The Balaban J connectivity index is 0.000000428. The Morgan fingerprint density at radius 1 is 0.750 bits per heavy atom. The molecule has 0 spiro atoms. The SMILES string of the molecule is CCC[CH2][Sn]([CH2]CCC)[CH2]CCC.[Te]c1ccccc1. The Hall–Kier alpha value is 0.808. The number of unbranched alkanes of at least 4 members (excludes halogenated alkanes) is 3. The molecule has 0 nitrogen and oxygen atoms in total. The van der Waals surface area contributed by atoms with Crippen molar-refractivity contribution in [3.63, 3.8) is 0 Å². The van der Waals surface area contributed by atoms with Crippen molar-refractivity contribution in [3.8, 4) is 0 Å². The van der Waals surface area contributed by atoms with Gasteiger partial charge in [-0.3, -0.25) is 0 Å². The summed E-state index contributed by atoms with van der Waals surface area (Å²) in [5.74, 6) is 0. The van der Waals surface area contributed by atoms with Gasteiger partial charge in [0.25, 0.3) is 0 Å². The summed E-state index contributed by atoms with van der Waals surface area (Å²) in [5, 5.41) is 0. The molecule has 0 saturated carbocycles. The van der Waals surface area contributed by atoms with E-state index in [1.54, 1.807) is 13.3 Å². The zero-order valence-electron chi connectivity index (χ0n) is 13.7. The van der Waals surface area contributed by atoms with E-state index in [0.29, 0.717) is 0 Å². The fourth-order valence-electron chi connectivity index (χ4n) is 2.08. The van der Waals surface area contributed by atoms with Crippen LogP contribution >= 0.6 is 0 Å². The second kappa shape index (κ2) is 16.2. The average molecular weight is 495 g/mol. The maximum atomic E-state index is 2.33. The minimum atomic E-state index is -0.839. The van der Waals surface area contributed by atoms with E-state index in [1.807, 2.05) is 40.5 Å². The van der Waals surface area contributed by atoms with Gasteiger partial charge in [-0.05, 0) is 0 Å². The normalized spacial score (nSPS) is 10.2. The molecule has 0 bridgehead atoms. The molecule has 0 saturated heterocycles. The van der Waals surface area contributed by atoms with Gasteiger partial charge in [0.05, 0.1) is 0 Å². The van der Waals surface area contributed by atoms with Gasteiger partial charge in [0.1, 0.15) is 0 Å². The topological polar surface area (TPSA) is 0 Å². The van der Waals surface area contributed by atoms with Gasteiger partial charge in [-0.25, -0.2) is 0 Å². The minimum absolute atomic E-state index is 0.839. The molecular weight excluding hydrogens is 463 g/mol. The summed E-state index contributed by atoms with van der Waals surface area (Å²) in [6.45, 7) is 7.00. The van der Waals surface area contributed by atoms with Crippen LogP contribution in [0.3, 0.4) is 0 Å². The molecule has 0 aliphatic carbocycles. The van der Waals surface area contributed by atoms with Gasteiger partial charge in [0.15, 0.2) is 0 Å². The molecular formula is C18H32SnTe. The van der Waals surface area contributed by atoms with Crippen molar-refractivity contribution >= 4 is 45.7 Å². The van der Waals surface area contributed by atoms with Crippen LogP contribution in [-0.4, -0.2) is 42.1 Å². The van der Waals surface area contributed by atoms with Gasteiger partial charge < -0.3 is 0 Å². The second-order valence-electron chi connectivity index (χ2n) is 5.37. The molecule has 0 amide bonds. The molecule has 0 unspecified atom stereocenters. The summed E-state index contributed by atoms with van der Waals surface area (Å²) in [7, 11) is 0. The molecule has 114 valence electrons. The van der Waals surface area contributed by atoms with Crippen molar-refractivity contribution in [2.24, 2.45) is 0 Å². The molecule has 2 radical (unpaired) electrons. The average Bonchev–Trinajstić information content (AvgIpc) is 2.48. The van der Waals surface area contributed by atoms with Crippen LogP contribution in [0.4, 0.5) is 0 Å². The first kappa shape index (κ1) is 20.8. The van der Waals surface area contributed by atoms with Gasteiger partial charge in [-0.1, -0.05) is 0 Å². The van der Waals surface area contributed by atoms with Crippen LogP contribution in [0.25, 0.3) is 0 Å². The molecule has 0 aliphatic heterocycles. The third-order valence-electron chi connectivity index (χ3n) is 3.39. The zero-order chi connectivity index (χ0) is 15.1. The third-order valence-corrected chi connectivity index (χ3v) is 13.3. The Morgan fingerprint density at radius 3 is 1.40 bits per heavy atom. The molecule has 0 aliphatic rings. The summed E-state index contributed by atoms with van der Waals surface area (Å²) < 4.78 is 6.37. The maximum absolute atomic E-state index is 2.33. The summed E-state index contributed by atoms with van der Waals surface area (Å²) in [6, 6.07) is 10.3.